The van der Waals surface area contributed by atoms with E-state index in [-0.39, 0.29) is 17.6 Å². The third-order valence-electron chi connectivity index (χ3n) is 4.00. The number of nitrogens with one attached hydrogen (secondary N) is 2. The minimum Gasteiger partial charge on any atom is -0.353 e. The summed E-state index contributed by atoms with van der Waals surface area (Å²) >= 11 is 0. The lowest BCUT2D eigenvalue weighted by atomic mass is 9.82. The molecule has 1 fully saturated rings. The van der Waals surface area contributed by atoms with E-state index >= 15 is 0 Å². The van der Waals surface area contributed by atoms with Gasteiger partial charge in [-0.15, -0.1) is 0 Å². The number of carbonyl (C=O) groups excluding carboxylic acids is 2. The van der Waals surface area contributed by atoms with Gasteiger partial charge in [-0.2, -0.15) is 0 Å². The van der Waals surface area contributed by atoms with Crippen LogP contribution in [0.15, 0.2) is 24.3 Å². The van der Waals surface area contributed by atoms with Crippen molar-refractivity contribution in [1.82, 2.24) is 10.6 Å². The fourth-order valence-electron chi connectivity index (χ4n) is 2.64. The molecule has 0 saturated heterocycles. The van der Waals surface area contributed by atoms with Crippen molar-refractivity contribution in [2.75, 3.05) is 13.1 Å². The molecule has 22 heavy (non-hydrogen) atoms. The standard InChI is InChI=1S/C16H22FN3O2/c17-13-6-4-12(5-7-13)14(21)19-10-11-20-15(22)16(18)8-2-1-3-9-16/h4-7H,1-3,8-11,18H2,(H,19,21)(H,20,22). The Hall–Kier alpha value is -1.95. The zero-order valence-electron chi connectivity index (χ0n) is 12.5. The van der Waals surface area contributed by atoms with Crippen LogP contribution in [0.2, 0.25) is 0 Å². The van der Waals surface area contributed by atoms with Gasteiger partial charge in [0.2, 0.25) is 5.91 Å². The summed E-state index contributed by atoms with van der Waals surface area (Å²) in [6, 6.07) is 5.30. The molecule has 2 amide bonds. The quantitative estimate of drug-likeness (QED) is 0.718. The second-order valence-electron chi connectivity index (χ2n) is 5.74. The monoisotopic (exact) mass is 307 g/mol. The van der Waals surface area contributed by atoms with Crippen molar-refractivity contribution < 1.29 is 14.0 Å². The van der Waals surface area contributed by atoms with Crippen molar-refractivity contribution in [2.24, 2.45) is 5.73 Å². The van der Waals surface area contributed by atoms with Crippen LogP contribution in [0.25, 0.3) is 0 Å². The molecule has 1 saturated carbocycles. The zero-order chi connectivity index (χ0) is 16.0. The molecule has 0 radical (unpaired) electrons. The number of rotatable bonds is 5. The minimum absolute atomic E-state index is 0.150. The highest BCUT2D eigenvalue weighted by molar-refractivity contribution is 5.94. The molecule has 120 valence electrons. The Morgan fingerprint density at radius 1 is 1.05 bits per heavy atom. The minimum atomic E-state index is -0.765. The normalized spacial score (nSPS) is 16.8. The van der Waals surface area contributed by atoms with Gasteiger partial charge < -0.3 is 16.4 Å². The molecule has 1 aliphatic rings. The topological polar surface area (TPSA) is 84.2 Å². The number of hydrogen-bond donors (Lipinski definition) is 3. The van der Waals surface area contributed by atoms with E-state index in [1.54, 1.807) is 0 Å². The molecule has 0 aromatic heterocycles. The molecular weight excluding hydrogens is 285 g/mol. The van der Waals surface area contributed by atoms with Gasteiger partial charge in [-0.25, -0.2) is 4.39 Å². The predicted molar refractivity (Wildman–Crippen MR) is 81.7 cm³/mol. The molecule has 0 atom stereocenters. The molecule has 1 aromatic rings. The number of amides is 2. The molecule has 5 nitrogen and oxygen atoms in total. The number of benzene rings is 1. The van der Waals surface area contributed by atoms with Gasteiger partial charge >= 0.3 is 0 Å². The summed E-state index contributed by atoms with van der Waals surface area (Å²) in [7, 11) is 0. The van der Waals surface area contributed by atoms with E-state index in [4.69, 9.17) is 5.73 Å². The summed E-state index contributed by atoms with van der Waals surface area (Å²) in [4.78, 5) is 23.9. The van der Waals surface area contributed by atoms with Crippen LogP contribution in [0.3, 0.4) is 0 Å². The predicted octanol–water partition coefficient (Wildman–Crippen LogP) is 1.33. The van der Waals surface area contributed by atoms with Crippen molar-refractivity contribution in [3.8, 4) is 0 Å². The van der Waals surface area contributed by atoms with Crippen molar-refractivity contribution in [3.05, 3.63) is 35.6 Å². The van der Waals surface area contributed by atoms with Crippen molar-refractivity contribution >= 4 is 11.8 Å². The average molecular weight is 307 g/mol. The van der Waals surface area contributed by atoms with Crippen molar-refractivity contribution in [3.63, 3.8) is 0 Å². The Morgan fingerprint density at radius 3 is 2.27 bits per heavy atom. The fraction of sp³-hybridized carbons (Fsp3) is 0.500. The van der Waals surface area contributed by atoms with E-state index < -0.39 is 5.54 Å². The van der Waals surface area contributed by atoms with Gasteiger partial charge in [-0.05, 0) is 37.1 Å². The molecule has 4 N–H and O–H groups in total. The number of carbonyl (C=O) groups is 2. The Labute approximate surface area is 129 Å². The second-order valence-corrected chi connectivity index (χ2v) is 5.74. The Bertz CT molecular complexity index is 525. The molecular formula is C16H22FN3O2. The first-order valence-corrected chi connectivity index (χ1v) is 7.62. The lowest BCUT2D eigenvalue weighted by molar-refractivity contribution is -0.127. The maximum atomic E-state index is 12.8. The lowest BCUT2D eigenvalue weighted by Gasteiger charge is -2.31. The van der Waals surface area contributed by atoms with E-state index in [2.05, 4.69) is 10.6 Å². The van der Waals surface area contributed by atoms with E-state index in [0.717, 1.165) is 19.3 Å². The highest BCUT2D eigenvalue weighted by Crippen LogP contribution is 2.25. The van der Waals surface area contributed by atoms with Crippen LogP contribution in [-0.4, -0.2) is 30.4 Å². The fourth-order valence-corrected chi connectivity index (χ4v) is 2.64. The van der Waals surface area contributed by atoms with Gasteiger partial charge in [-0.3, -0.25) is 9.59 Å². The molecule has 0 bridgehead atoms. The summed E-state index contributed by atoms with van der Waals surface area (Å²) < 4.78 is 12.8. The van der Waals surface area contributed by atoms with Gasteiger partial charge in [0.15, 0.2) is 0 Å². The van der Waals surface area contributed by atoms with E-state index in [1.165, 1.54) is 24.3 Å². The Kier molecular flexibility index (Phi) is 5.49. The third-order valence-corrected chi connectivity index (χ3v) is 4.00. The first-order chi connectivity index (χ1) is 10.5. The van der Waals surface area contributed by atoms with Gasteiger partial charge in [0.05, 0.1) is 5.54 Å². The summed E-state index contributed by atoms with van der Waals surface area (Å²) in [5, 5.41) is 5.44. The average Bonchev–Trinajstić information content (AvgIpc) is 2.52. The third kappa shape index (κ3) is 4.27. The SMILES string of the molecule is NC1(C(=O)NCCNC(=O)c2ccc(F)cc2)CCCCC1. The smallest absolute Gasteiger partial charge is 0.251 e. The van der Waals surface area contributed by atoms with Crippen molar-refractivity contribution in [2.45, 2.75) is 37.6 Å². The summed E-state index contributed by atoms with van der Waals surface area (Å²) in [5.74, 6) is -0.831. The van der Waals surface area contributed by atoms with Crippen LogP contribution >= 0.6 is 0 Å². The van der Waals surface area contributed by atoms with Crippen LogP contribution in [0.5, 0.6) is 0 Å². The van der Waals surface area contributed by atoms with Gasteiger partial charge in [0, 0.05) is 18.7 Å². The Morgan fingerprint density at radius 2 is 1.64 bits per heavy atom. The van der Waals surface area contributed by atoms with Crippen LogP contribution in [0, 0.1) is 5.82 Å². The number of halogens is 1. The van der Waals surface area contributed by atoms with Crippen LogP contribution in [0.4, 0.5) is 4.39 Å². The molecule has 0 unspecified atom stereocenters. The molecule has 0 spiro atoms. The molecule has 1 aliphatic carbocycles. The van der Waals surface area contributed by atoms with Crippen LogP contribution < -0.4 is 16.4 Å². The van der Waals surface area contributed by atoms with Crippen molar-refractivity contribution in [1.29, 1.82) is 0 Å². The van der Waals surface area contributed by atoms with Gasteiger partial charge in [-0.1, -0.05) is 19.3 Å². The van der Waals surface area contributed by atoms with Crippen LogP contribution in [0.1, 0.15) is 42.5 Å². The summed E-state index contributed by atoms with van der Waals surface area (Å²) in [5.41, 5.74) is 5.73. The van der Waals surface area contributed by atoms with E-state index in [0.29, 0.717) is 31.5 Å². The van der Waals surface area contributed by atoms with E-state index in [9.17, 15) is 14.0 Å². The highest BCUT2D eigenvalue weighted by Gasteiger charge is 2.34. The first kappa shape index (κ1) is 16.4. The molecule has 6 heteroatoms. The zero-order valence-corrected chi connectivity index (χ0v) is 12.5. The summed E-state index contributed by atoms with van der Waals surface area (Å²) in [6.07, 6.45) is 4.50. The Balaban J connectivity index is 1.71. The molecule has 2 rings (SSSR count). The molecule has 0 aliphatic heterocycles. The van der Waals surface area contributed by atoms with Gasteiger partial charge in [0.25, 0.3) is 5.91 Å². The highest BCUT2D eigenvalue weighted by atomic mass is 19.1. The molecule has 1 aromatic carbocycles. The lowest BCUT2D eigenvalue weighted by Crippen LogP contribution is -2.55. The number of hydrogen-bond acceptors (Lipinski definition) is 3. The van der Waals surface area contributed by atoms with E-state index in [1.807, 2.05) is 0 Å². The molecule has 0 heterocycles. The summed E-state index contributed by atoms with van der Waals surface area (Å²) in [6.45, 7) is 0.628. The number of nitrogens with two attached hydrogens (primary N) is 1. The second kappa shape index (κ2) is 7.35. The van der Waals surface area contributed by atoms with Crippen LogP contribution in [-0.2, 0) is 4.79 Å². The largest absolute Gasteiger partial charge is 0.353 e. The maximum Gasteiger partial charge on any atom is 0.251 e. The first-order valence-electron chi connectivity index (χ1n) is 7.62. The maximum absolute atomic E-state index is 12.8. The van der Waals surface area contributed by atoms with Gasteiger partial charge in [0.1, 0.15) is 5.82 Å².